The van der Waals surface area contributed by atoms with Gasteiger partial charge in [-0.25, -0.2) is 0 Å². The molecule has 2 aliphatic rings. The molecule has 0 aliphatic carbocycles. The van der Waals surface area contributed by atoms with Crippen LogP contribution in [0.1, 0.15) is 40.0 Å². The van der Waals surface area contributed by atoms with E-state index in [9.17, 15) is 14.4 Å². The third-order valence-corrected chi connectivity index (χ3v) is 4.94. The Kier molecular flexibility index (Phi) is 5.30. The number of ether oxygens (including phenoxy) is 1. The topological polar surface area (TPSA) is 75.7 Å². The van der Waals surface area contributed by atoms with Crippen LogP contribution in [0.15, 0.2) is 22.7 Å². The van der Waals surface area contributed by atoms with Crippen LogP contribution >= 0.6 is 15.9 Å². The molecule has 24 heavy (non-hydrogen) atoms. The Labute approximate surface area is 148 Å². The minimum Gasteiger partial charge on any atom is -0.381 e. The summed E-state index contributed by atoms with van der Waals surface area (Å²) in [5, 5.41) is 2.80. The molecule has 0 saturated carbocycles. The molecule has 0 spiro atoms. The fraction of sp³-hybridized carbons (Fsp3) is 0.471. The van der Waals surface area contributed by atoms with Crippen molar-refractivity contribution in [2.24, 2.45) is 5.92 Å². The Bertz CT molecular complexity index is 671. The quantitative estimate of drug-likeness (QED) is 0.774. The minimum atomic E-state index is -0.420. The minimum absolute atomic E-state index is 0.238. The number of hydrogen-bond donors (Lipinski definition) is 1. The van der Waals surface area contributed by atoms with Crippen LogP contribution in [-0.4, -0.2) is 48.9 Å². The van der Waals surface area contributed by atoms with Crippen molar-refractivity contribution >= 4 is 33.7 Å². The molecule has 3 rings (SSSR count). The molecule has 7 heteroatoms. The number of halogens is 1. The number of amides is 3. The molecule has 1 fully saturated rings. The van der Waals surface area contributed by atoms with Gasteiger partial charge < -0.3 is 10.1 Å². The zero-order chi connectivity index (χ0) is 17.1. The highest BCUT2D eigenvalue weighted by Gasteiger charge is 2.36. The standard InChI is InChI=1S/C17H19BrN2O4/c18-12-1-2-13-14(9-12)17(23)20(16(13)22)10-15(21)19-6-3-11-4-7-24-8-5-11/h1-2,9,11H,3-8,10H2,(H,19,21). The molecule has 1 aromatic carbocycles. The molecule has 6 nitrogen and oxygen atoms in total. The Balaban J connectivity index is 1.51. The summed E-state index contributed by atoms with van der Waals surface area (Å²) in [6, 6.07) is 4.92. The molecule has 0 unspecified atom stereocenters. The first-order valence-electron chi connectivity index (χ1n) is 8.06. The lowest BCUT2D eigenvalue weighted by atomic mass is 9.97. The lowest BCUT2D eigenvalue weighted by molar-refractivity contribution is -0.121. The van der Waals surface area contributed by atoms with E-state index in [1.165, 1.54) is 0 Å². The summed E-state index contributed by atoms with van der Waals surface area (Å²) in [5.41, 5.74) is 0.683. The van der Waals surface area contributed by atoms with Crippen molar-refractivity contribution in [3.63, 3.8) is 0 Å². The van der Waals surface area contributed by atoms with E-state index in [1.807, 2.05) is 0 Å². The van der Waals surface area contributed by atoms with Gasteiger partial charge in [-0.15, -0.1) is 0 Å². The van der Waals surface area contributed by atoms with E-state index < -0.39 is 11.8 Å². The van der Waals surface area contributed by atoms with E-state index >= 15 is 0 Å². The number of benzene rings is 1. The third-order valence-electron chi connectivity index (χ3n) is 4.45. The van der Waals surface area contributed by atoms with Crippen LogP contribution in [0.5, 0.6) is 0 Å². The molecule has 2 heterocycles. The van der Waals surface area contributed by atoms with Gasteiger partial charge in [-0.2, -0.15) is 0 Å². The van der Waals surface area contributed by atoms with Gasteiger partial charge in [0, 0.05) is 24.2 Å². The number of imide groups is 1. The summed E-state index contributed by atoms with van der Waals surface area (Å²) in [7, 11) is 0. The summed E-state index contributed by atoms with van der Waals surface area (Å²) in [5.74, 6) is -0.579. The molecule has 128 valence electrons. The highest BCUT2D eigenvalue weighted by Crippen LogP contribution is 2.25. The van der Waals surface area contributed by atoms with E-state index in [0.29, 0.717) is 23.6 Å². The second-order valence-electron chi connectivity index (χ2n) is 6.08. The molecule has 0 atom stereocenters. The van der Waals surface area contributed by atoms with Crippen LogP contribution in [0.2, 0.25) is 0 Å². The van der Waals surface area contributed by atoms with Gasteiger partial charge in [-0.1, -0.05) is 15.9 Å². The van der Waals surface area contributed by atoms with Crippen molar-refractivity contribution < 1.29 is 19.1 Å². The molecular weight excluding hydrogens is 376 g/mol. The predicted molar refractivity (Wildman–Crippen MR) is 90.7 cm³/mol. The lowest BCUT2D eigenvalue weighted by Gasteiger charge is -2.22. The molecule has 2 aliphatic heterocycles. The smallest absolute Gasteiger partial charge is 0.262 e. The maximum Gasteiger partial charge on any atom is 0.262 e. The number of nitrogens with zero attached hydrogens (tertiary/aromatic N) is 1. The number of nitrogens with one attached hydrogen (secondary N) is 1. The Morgan fingerprint density at radius 1 is 1.21 bits per heavy atom. The van der Waals surface area contributed by atoms with Gasteiger partial charge in [-0.3, -0.25) is 19.3 Å². The van der Waals surface area contributed by atoms with Crippen molar-refractivity contribution in [3.8, 4) is 0 Å². The highest BCUT2D eigenvalue weighted by molar-refractivity contribution is 9.10. The van der Waals surface area contributed by atoms with E-state index in [-0.39, 0.29) is 12.5 Å². The summed E-state index contributed by atoms with van der Waals surface area (Å²) in [6.07, 6.45) is 2.93. The molecular formula is C17H19BrN2O4. The number of carbonyl (C=O) groups is 3. The molecule has 3 amide bonds. The van der Waals surface area contributed by atoms with Crippen LogP contribution in [0.3, 0.4) is 0 Å². The van der Waals surface area contributed by atoms with Crippen molar-refractivity contribution in [1.82, 2.24) is 10.2 Å². The first-order chi connectivity index (χ1) is 11.6. The average molecular weight is 395 g/mol. The maximum atomic E-state index is 12.3. The number of carbonyl (C=O) groups excluding carboxylic acids is 3. The van der Waals surface area contributed by atoms with E-state index in [0.717, 1.165) is 41.8 Å². The van der Waals surface area contributed by atoms with Gasteiger partial charge >= 0.3 is 0 Å². The fourth-order valence-corrected chi connectivity index (χ4v) is 3.42. The van der Waals surface area contributed by atoms with Gasteiger partial charge in [0.25, 0.3) is 11.8 Å². The second kappa shape index (κ2) is 7.44. The molecule has 1 aromatic rings. The maximum absolute atomic E-state index is 12.3. The van der Waals surface area contributed by atoms with Crippen LogP contribution in [0.25, 0.3) is 0 Å². The van der Waals surface area contributed by atoms with Crippen molar-refractivity contribution in [2.75, 3.05) is 26.3 Å². The van der Waals surface area contributed by atoms with Crippen molar-refractivity contribution in [1.29, 1.82) is 0 Å². The first kappa shape index (κ1) is 17.1. The van der Waals surface area contributed by atoms with E-state index in [4.69, 9.17) is 4.74 Å². The monoisotopic (exact) mass is 394 g/mol. The fourth-order valence-electron chi connectivity index (χ4n) is 3.06. The van der Waals surface area contributed by atoms with Crippen LogP contribution < -0.4 is 5.32 Å². The van der Waals surface area contributed by atoms with Gasteiger partial charge in [-0.05, 0) is 43.4 Å². The van der Waals surface area contributed by atoms with Crippen molar-refractivity contribution in [3.05, 3.63) is 33.8 Å². The van der Waals surface area contributed by atoms with Gasteiger partial charge in [0.1, 0.15) is 6.54 Å². The molecule has 1 N–H and O–H groups in total. The molecule has 0 bridgehead atoms. The molecule has 0 aromatic heterocycles. The Morgan fingerprint density at radius 3 is 2.67 bits per heavy atom. The van der Waals surface area contributed by atoms with E-state index in [1.54, 1.807) is 18.2 Å². The SMILES string of the molecule is O=C(CN1C(=O)c2ccc(Br)cc2C1=O)NCCC1CCOCC1. The van der Waals surface area contributed by atoms with Gasteiger partial charge in [0.15, 0.2) is 0 Å². The third kappa shape index (κ3) is 3.67. The van der Waals surface area contributed by atoms with Gasteiger partial charge in [0.2, 0.25) is 5.91 Å². The lowest BCUT2D eigenvalue weighted by Crippen LogP contribution is -2.41. The first-order valence-corrected chi connectivity index (χ1v) is 8.86. The molecule has 0 radical (unpaired) electrons. The van der Waals surface area contributed by atoms with Crippen LogP contribution in [-0.2, 0) is 9.53 Å². The Hall–Kier alpha value is -1.73. The van der Waals surface area contributed by atoms with Crippen molar-refractivity contribution in [2.45, 2.75) is 19.3 Å². The summed E-state index contributed by atoms with van der Waals surface area (Å²) < 4.78 is 6.03. The number of rotatable bonds is 5. The summed E-state index contributed by atoms with van der Waals surface area (Å²) >= 11 is 3.28. The average Bonchev–Trinajstić information content (AvgIpc) is 2.80. The highest BCUT2D eigenvalue weighted by atomic mass is 79.9. The zero-order valence-electron chi connectivity index (χ0n) is 13.2. The normalized spacial score (nSPS) is 18.0. The summed E-state index contributed by atoms with van der Waals surface area (Å²) in [4.78, 5) is 37.6. The zero-order valence-corrected chi connectivity index (χ0v) is 14.8. The second-order valence-corrected chi connectivity index (χ2v) is 7.00. The van der Waals surface area contributed by atoms with Crippen LogP contribution in [0, 0.1) is 5.92 Å². The summed E-state index contributed by atoms with van der Waals surface area (Å²) in [6.45, 7) is 1.88. The predicted octanol–water partition coefficient (Wildman–Crippen LogP) is 1.98. The largest absolute Gasteiger partial charge is 0.381 e. The van der Waals surface area contributed by atoms with E-state index in [2.05, 4.69) is 21.2 Å². The Morgan fingerprint density at radius 2 is 1.92 bits per heavy atom. The number of hydrogen-bond acceptors (Lipinski definition) is 4. The number of fused-ring (bicyclic) bond motifs is 1. The van der Waals surface area contributed by atoms with Crippen LogP contribution in [0.4, 0.5) is 0 Å². The molecule has 1 saturated heterocycles. The van der Waals surface area contributed by atoms with Gasteiger partial charge in [0.05, 0.1) is 11.1 Å².